The molecule has 13 heavy (non-hydrogen) atoms. The van der Waals surface area contributed by atoms with Gasteiger partial charge < -0.3 is 4.74 Å². The number of esters is 1. The minimum atomic E-state index is -0.125. The Hall–Kier alpha value is -1.05. The molecule has 0 bridgehead atoms. The zero-order valence-electron chi connectivity index (χ0n) is 8.62. The van der Waals surface area contributed by atoms with Crippen LogP contribution in [0.3, 0.4) is 0 Å². The van der Waals surface area contributed by atoms with Gasteiger partial charge in [0.1, 0.15) is 6.61 Å². The van der Waals surface area contributed by atoms with Crippen molar-refractivity contribution in [3.05, 3.63) is 24.3 Å². The molecular weight excluding hydrogens is 164 g/mol. The van der Waals surface area contributed by atoms with Gasteiger partial charge in [-0.25, -0.2) is 0 Å². The number of carbonyl (C=O) groups is 1. The van der Waals surface area contributed by atoms with Crippen LogP contribution >= 0.6 is 0 Å². The lowest BCUT2D eigenvalue weighted by atomic mass is 10.1. The van der Waals surface area contributed by atoms with Crippen molar-refractivity contribution in [1.29, 1.82) is 0 Å². The second-order valence-corrected chi connectivity index (χ2v) is 3.23. The first-order chi connectivity index (χ1) is 6.16. The molecule has 0 aliphatic heterocycles. The summed E-state index contributed by atoms with van der Waals surface area (Å²) in [4.78, 5) is 11.0. The van der Waals surface area contributed by atoms with Crippen molar-refractivity contribution in [3.63, 3.8) is 0 Å². The summed E-state index contributed by atoms with van der Waals surface area (Å²) in [6.07, 6.45) is 8.00. The maximum atomic E-state index is 11.0. The van der Waals surface area contributed by atoms with Gasteiger partial charge in [-0.15, -0.1) is 0 Å². The van der Waals surface area contributed by atoms with Gasteiger partial charge in [0.15, 0.2) is 0 Å². The molecule has 0 heterocycles. The maximum absolute atomic E-state index is 11.0. The molecule has 0 fully saturated rings. The van der Waals surface area contributed by atoms with Gasteiger partial charge in [-0.3, -0.25) is 4.79 Å². The van der Waals surface area contributed by atoms with Crippen LogP contribution in [-0.4, -0.2) is 12.6 Å². The zero-order valence-corrected chi connectivity index (χ0v) is 8.62. The highest BCUT2D eigenvalue weighted by Gasteiger charge is 2.03. The van der Waals surface area contributed by atoms with Crippen LogP contribution < -0.4 is 0 Å². The van der Waals surface area contributed by atoms with Gasteiger partial charge in [0, 0.05) is 6.42 Å². The molecule has 2 heteroatoms. The lowest BCUT2D eigenvalue weighted by molar-refractivity contribution is -0.143. The highest BCUT2D eigenvalue weighted by Crippen LogP contribution is 2.00. The first-order valence-electron chi connectivity index (χ1n) is 4.60. The van der Waals surface area contributed by atoms with E-state index in [1.54, 1.807) is 0 Å². The second kappa shape index (κ2) is 7.59. The van der Waals surface area contributed by atoms with E-state index in [-0.39, 0.29) is 5.97 Å². The highest BCUT2D eigenvalue weighted by molar-refractivity contribution is 5.69. The van der Waals surface area contributed by atoms with E-state index in [4.69, 9.17) is 4.74 Å². The smallest absolute Gasteiger partial charge is 0.306 e. The van der Waals surface area contributed by atoms with E-state index in [0.29, 0.717) is 18.9 Å². The van der Waals surface area contributed by atoms with E-state index in [1.807, 2.05) is 45.1 Å². The summed E-state index contributed by atoms with van der Waals surface area (Å²) in [5, 5.41) is 0. The van der Waals surface area contributed by atoms with E-state index < -0.39 is 0 Å². The van der Waals surface area contributed by atoms with Gasteiger partial charge in [0.25, 0.3) is 0 Å². The first-order valence-corrected chi connectivity index (χ1v) is 4.60. The Morgan fingerprint density at radius 1 is 1.38 bits per heavy atom. The van der Waals surface area contributed by atoms with Gasteiger partial charge in [-0.2, -0.15) is 0 Å². The molecule has 0 unspecified atom stereocenters. The van der Waals surface area contributed by atoms with Crippen molar-refractivity contribution in [1.82, 2.24) is 0 Å². The van der Waals surface area contributed by atoms with Gasteiger partial charge >= 0.3 is 5.97 Å². The van der Waals surface area contributed by atoms with Crippen molar-refractivity contribution >= 4 is 5.97 Å². The van der Waals surface area contributed by atoms with Crippen molar-refractivity contribution in [3.8, 4) is 0 Å². The van der Waals surface area contributed by atoms with E-state index >= 15 is 0 Å². The number of hydrogen-bond acceptors (Lipinski definition) is 2. The largest absolute Gasteiger partial charge is 0.461 e. The Bertz CT molecular complexity index is 190. The van der Waals surface area contributed by atoms with Crippen LogP contribution in [0.2, 0.25) is 0 Å². The lowest BCUT2D eigenvalue weighted by Gasteiger charge is -2.03. The van der Waals surface area contributed by atoms with Crippen LogP contribution in [0.1, 0.15) is 27.2 Å². The molecule has 0 aromatic rings. The fourth-order valence-electron chi connectivity index (χ4n) is 0.779. The molecule has 0 saturated heterocycles. The van der Waals surface area contributed by atoms with Crippen LogP contribution in [0.15, 0.2) is 24.3 Å². The Morgan fingerprint density at radius 2 is 2.08 bits per heavy atom. The van der Waals surface area contributed by atoms with Gasteiger partial charge in [-0.1, -0.05) is 32.1 Å². The predicted molar refractivity (Wildman–Crippen MR) is 54.4 cm³/mol. The third kappa shape index (κ3) is 8.86. The average molecular weight is 182 g/mol. The quantitative estimate of drug-likeness (QED) is 0.482. The molecule has 0 aliphatic rings. The topological polar surface area (TPSA) is 26.3 Å². The van der Waals surface area contributed by atoms with Crippen LogP contribution in [0.5, 0.6) is 0 Å². The van der Waals surface area contributed by atoms with Crippen molar-refractivity contribution in [2.24, 2.45) is 5.92 Å². The van der Waals surface area contributed by atoms with E-state index in [1.165, 1.54) is 0 Å². The van der Waals surface area contributed by atoms with Crippen LogP contribution in [0.4, 0.5) is 0 Å². The van der Waals surface area contributed by atoms with Gasteiger partial charge in [0.05, 0.1) is 0 Å². The first kappa shape index (κ1) is 11.9. The monoisotopic (exact) mass is 182 g/mol. The molecule has 0 radical (unpaired) electrons. The van der Waals surface area contributed by atoms with Crippen molar-refractivity contribution < 1.29 is 9.53 Å². The molecule has 0 aliphatic carbocycles. The number of hydrogen-bond donors (Lipinski definition) is 0. The summed E-state index contributed by atoms with van der Waals surface area (Å²) in [5.41, 5.74) is 0. The van der Waals surface area contributed by atoms with Crippen LogP contribution in [0, 0.1) is 5.92 Å². The summed E-state index contributed by atoms with van der Waals surface area (Å²) < 4.78 is 4.94. The normalized spacial score (nSPS) is 11.7. The van der Waals surface area contributed by atoms with Crippen LogP contribution in [0.25, 0.3) is 0 Å². The standard InChI is InChI=1S/C11H18O2/c1-4-5-6-7-8-13-11(12)9-10(2)3/h4-7,10H,8-9H2,1-3H3/b5-4-,7-6+. The average Bonchev–Trinajstić information content (AvgIpc) is 2.02. The Balaban J connectivity index is 3.47. The van der Waals surface area contributed by atoms with E-state index in [9.17, 15) is 4.79 Å². The Morgan fingerprint density at radius 3 is 2.62 bits per heavy atom. The molecule has 0 N–H and O–H groups in total. The molecule has 0 aromatic carbocycles. The molecule has 0 saturated carbocycles. The predicted octanol–water partition coefficient (Wildman–Crippen LogP) is 2.71. The van der Waals surface area contributed by atoms with E-state index in [0.717, 1.165) is 0 Å². The Kier molecular flexibility index (Phi) is 6.98. The molecule has 0 atom stereocenters. The highest BCUT2D eigenvalue weighted by atomic mass is 16.5. The van der Waals surface area contributed by atoms with Crippen molar-refractivity contribution in [2.75, 3.05) is 6.61 Å². The fraction of sp³-hybridized carbons (Fsp3) is 0.545. The summed E-state index contributed by atoms with van der Waals surface area (Å²) >= 11 is 0. The zero-order chi connectivity index (χ0) is 10.1. The third-order valence-electron chi connectivity index (χ3n) is 1.36. The molecule has 74 valence electrons. The summed E-state index contributed by atoms with van der Waals surface area (Å²) in [6.45, 7) is 6.30. The summed E-state index contributed by atoms with van der Waals surface area (Å²) in [7, 11) is 0. The maximum Gasteiger partial charge on any atom is 0.306 e. The van der Waals surface area contributed by atoms with Crippen LogP contribution in [-0.2, 0) is 9.53 Å². The van der Waals surface area contributed by atoms with Crippen molar-refractivity contribution in [2.45, 2.75) is 27.2 Å². The minimum Gasteiger partial charge on any atom is -0.461 e. The van der Waals surface area contributed by atoms with Gasteiger partial charge in [0.2, 0.25) is 0 Å². The molecular formula is C11H18O2. The number of ether oxygens (including phenoxy) is 1. The third-order valence-corrected chi connectivity index (χ3v) is 1.36. The summed E-state index contributed by atoms with van der Waals surface area (Å²) in [6, 6.07) is 0. The lowest BCUT2D eigenvalue weighted by Crippen LogP contribution is -2.07. The molecule has 0 amide bonds. The Labute approximate surface area is 80.3 Å². The molecule has 0 spiro atoms. The molecule has 0 rings (SSSR count). The summed E-state index contributed by atoms with van der Waals surface area (Å²) in [5.74, 6) is 0.243. The minimum absolute atomic E-state index is 0.125. The number of allylic oxidation sites excluding steroid dienone is 3. The number of carbonyl (C=O) groups excluding carboxylic acids is 1. The SMILES string of the molecule is C/C=C\C=C\COC(=O)CC(C)C. The molecule has 0 aromatic heterocycles. The fourth-order valence-corrected chi connectivity index (χ4v) is 0.779. The van der Waals surface area contributed by atoms with E-state index in [2.05, 4.69) is 0 Å². The number of rotatable bonds is 5. The van der Waals surface area contributed by atoms with Gasteiger partial charge in [-0.05, 0) is 18.9 Å². The second-order valence-electron chi connectivity index (χ2n) is 3.23. The molecule has 2 nitrogen and oxygen atoms in total.